The van der Waals surface area contributed by atoms with Crippen LogP contribution in [0.5, 0.6) is 5.75 Å². The number of ether oxygens (including phenoxy) is 1. The molecule has 0 spiro atoms. The number of nitrogens with zero attached hydrogens (tertiary/aromatic N) is 2. The molecular weight excluding hydrogens is 637 g/mol. The van der Waals surface area contributed by atoms with Gasteiger partial charge in [-0.3, -0.25) is 13.9 Å². The molecule has 0 aromatic heterocycles. The molecule has 43 heavy (non-hydrogen) atoms. The molecule has 0 heterocycles. The zero-order valence-electron chi connectivity index (χ0n) is 24.6. The van der Waals surface area contributed by atoms with E-state index in [0.717, 1.165) is 42.0 Å². The lowest BCUT2D eigenvalue weighted by atomic mass is 9.95. The number of hydrogen-bond donors (Lipinski definition) is 1. The Labute approximate surface area is 261 Å². The van der Waals surface area contributed by atoms with Crippen LogP contribution in [0.3, 0.4) is 0 Å². The number of rotatable bonds is 11. The van der Waals surface area contributed by atoms with Crippen molar-refractivity contribution in [2.24, 2.45) is 0 Å². The number of aryl methyl sites for hydroxylation is 1. The molecule has 0 bridgehead atoms. The maximum atomic E-state index is 14.8. The first kappa shape index (κ1) is 32.5. The number of amides is 2. The van der Waals surface area contributed by atoms with E-state index in [4.69, 9.17) is 4.74 Å². The fourth-order valence-corrected chi connectivity index (χ4v) is 7.27. The van der Waals surface area contributed by atoms with Gasteiger partial charge in [0.2, 0.25) is 11.8 Å². The van der Waals surface area contributed by atoms with Crippen molar-refractivity contribution in [3.05, 3.63) is 88.1 Å². The lowest BCUT2D eigenvalue weighted by Crippen LogP contribution is -2.53. The Morgan fingerprint density at radius 3 is 2.35 bits per heavy atom. The molecule has 230 valence electrons. The van der Waals surface area contributed by atoms with Gasteiger partial charge in [0.15, 0.2) is 0 Å². The number of sulfonamides is 1. The van der Waals surface area contributed by atoms with Crippen molar-refractivity contribution in [3.63, 3.8) is 0 Å². The van der Waals surface area contributed by atoms with Crippen LogP contribution in [0.2, 0.25) is 0 Å². The molecule has 1 saturated carbocycles. The predicted molar refractivity (Wildman–Crippen MR) is 168 cm³/mol. The highest BCUT2D eigenvalue weighted by atomic mass is 79.9. The number of carbonyl (C=O) groups is 2. The zero-order chi connectivity index (χ0) is 31.1. The summed E-state index contributed by atoms with van der Waals surface area (Å²) in [6.45, 7) is 2.64. The molecular formula is C32H37BrFN3O5S. The van der Waals surface area contributed by atoms with Gasteiger partial charge in [0, 0.05) is 18.2 Å². The molecule has 8 nitrogen and oxygen atoms in total. The van der Waals surface area contributed by atoms with E-state index in [2.05, 4.69) is 21.2 Å². The summed E-state index contributed by atoms with van der Waals surface area (Å²) in [7, 11) is -2.79. The summed E-state index contributed by atoms with van der Waals surface area (Å²) in [5, 5.41) is 3.04. The molecule has 1 aliphatic rings. The molecule has 3 aromatic carbocycles. The van der Waals surface area contributed by atoms with Crippen LogP contribution >= 0.6 is 15.9 Å². The Hall–Kier alpha value is -3.44. The summed E-state index contributed by atoms with van der Waals surface area (Å²) < 4.78 is 49.6. The Morgan fingerprint density at radius 1 is 1.05 bits per heavy atom. The molecule has 1 atom stereocenters. The number of methoxy groups -OCH3 is 1. The first-order valence-corrected chi connectivity index (χ1v) is 16.5. The van der Waals surface area contributed by atoms with Gasteiger partial charge in [0.1, 0.15) is 24.2 Å². The number of hydrogen-bond acceptors (Lipinski definition) is 5. The van der Waals surface area contributed by atoms with Crippen LogP contribution in [0.25, 0.3) is 0 Å². The van der Waals surface area contributed by atoms with Crippen LogP contribution in [0.4, 0.5) is 10.1 Å². The highest BCUT2D eigenvalue weighted by molar-refractivity contribution is 9.10. The summed E-state index contributed by atoms with van der Waals surface area (Å²) in [5.74, 6) is -1.08. The molecule has 0 radical (unpaired) electrons. The van der Waals surface area contributed by atoms with Gasteiger partial charge in [0.25, 0.3) is 10.0 Å². The molecule has 1 N–H and O–H groups in total. The summed E-state index contributed by atoms with van der Waals surface area (Å²) in [4.78, 5) is 28.7. The van der Waals surface area contributed by atoms with Gasteiger partial charge in [-0.15, -0.1) is 0 Å². The van der Waals surface area contributed by atoms with Crippen molar-refractivity contribution in [1.82, 2.24) is 10.2 Å². The summed E-state index contributed by atoms with van der Waals surface area (Å²) in [5.41, 5.74) is 1.40. The quantitative estimate of drug-likeness (QED) is 0.271. The third kappa shape index (κ3) is 7.94. The first-order chi connectivity index (χ1) is 20.5. The minimum atomic E-state index is -4.27. The average Bonchev–Trinajstić information content (AvgIpc) is 3.00. The third-order valence-corrected chi connectivity index (χ3v) is 10.1. The molecule has 3 aromatic rings. The van der Waals surface area contributed by atoms with Gasteiger partial charge < -0.3 is 15.0 Å². The molecule has 1 fully saturated rings. The first-order valence-electron chi connectivity index (χ1n) is 14.3. The van der Waals surface area contributed by atoms with Gasteiger partial charge in [-0.1, -0.05) is 55.2 Å². The van der Waals surface area contributed by atoms with E-state index in [0.29, 0.717) is 10.2 Å². The third-order valence-electron chi connectivity index (χ3n) is 7.73. The minimum absolute atomic E-state index is 0.00654. The summed E-state index contributed by atoms with van der Waals surface area (Å²) >= 11 is 3.35. The smallest absolute Gasteiger partial charge is 0.264 e. The van der Waals surface area contributed by atoms with Gasteiger partial charge in [0.05, 0.1) is 22.2 Å². The number of nitrogens with one attached hydrogen (secondary N) is 1. The normalized spacial score (nSPS) is 14.5. The van der Waals surface area contributed by atoms with Gasteiger partial charge in [-0.2, -0.15) is 0 Å². The average molecular weight is 675 g/mol. The van der Waals surface area contributed by atoms with Crippen LogP contribution in [-0.2, 0) is 26.2 Å². The van der Waals surface area contributed by atoms with Crippen LogP contribution < -0.4 is 14.4 Å². The second-order valence-electron chi connectivity index (χ2n) is 10.8. The lowest BCUT2D eigenvalue weighted by molar-refractivity contribution is -0.139. The second-order valence-corrected chi connectivity index (χ2v) is 13.5. The number of benzene rings is 3. The van der Waals surface area contributed by atoms with Crippen LogP contribution in [0.15, 0.2) is 76.1 Å². The van der Waals surface area contributed by atoms with E-state index in [1.54, 1.807) is 49.4 Å². The fraction of sp³-hybridized carbons (Fsp3) is 0.375. The summed E-state index contributed by atoms with van der Waals surface area (Å²) in [6, 6.07) is 16.2. The molecule has 2 amide bonds. The molecule has 1 unspecified atom stereocenters. The Bertz CT molecular complexity index is 1540. The van der Waals surface area contributed by atoms with Gasteiger partial charge in [-0.05, 0) is 79.0 Å². The molecule has 4 rings (SSSR count). The van der Waals surface area contributed by atoms with Crippen LogP contribution in [-0.4, -0.2) is 50.9 Å². The van der Waals surface area contributed by atoms with Crippen molar-refractivity contribution in [2.45, 2.75) is 69.5 Å². The standard InChI is InChI=1S/C32H37BrFN3O5S/c1-22-13-15-26(16-14-22)37(43(40,41)27-17-18-30(42-3)28(33)19-27)21-31(38)36(20-24-9-7-8-12-29(24)34)23(2)32(39)35-25-10-5-4-6-11-25/h7-9,12-19,23,25H,4-6,10-11,20-21H2,1-3H3,(H,35,39). The van der Waals surface area contributed by atoms with Crippen molar-refractivity contribution in [2.75, 3.05) is 18.0 Å². The van der Waals surface area contributed by atoms with E-state index in [-0.39, 0.29) is 34.6 Å². The maximum absolute atomic E-state index is 14.8. The van der Waals surface area contributed by atoms with Crippen molar-refractivity contribution in [1.29, 1.82) is 0 Å². The van der Waals surface area contributed by atoms with E-state index in [1.807, 2.05) is 6.92 Å². The highest BCUT2D eigenvalue weighted by Crippen LogP contribution is 2.31. The lowest BCUT2D eigenvalue weighted by Gasteiger charge is -2.33. The zero-order valence-corrected chi connectivity index (χ0v) is 27.0. The van der Waals surface area contributed by atoms with Crippen LogP contribution in [0, 0.1) is 12.7 Å². The number of anilines is 1. The van der Waals surface area contributed by atoms with Crippen molar-refractivity contribution >= 4 is 43.5 Å². The van der Waals surface area contributed by atoms with Crippen LogP contribution in [0.1, 0.15) is 50.2 Å². The SMILES string of the molecule is COc1ccc(S(=O)(=O)N(CC(=O)N(Cc2ccccc2F)C(C)C(=O)NC2CCCCC2)c2ccc(C)cc2)cc1Br. The van der Waals surface area contributed by atoms with Crippen molar-refractivity contribution < 1.29 is 27.1 Å². The van der Waals surface area contributed by atoms with E-state index in [1.165, 1.54) is 36.3 Å². The molecule has 11 heteroatoms. The summed E-state index contributed by atoms with van der Waals surface area (Å²) in [6.07, 6.45) is 4.87. The second kappa shape index (κ2) is 14.4. The monoisotopic (exact) mass is 673 g/mol. The Kier molecular flexibility index (Phi) is 10.8. The highest BCUT2D eigenvalue weighted by Gasteiger charge is 2.34. The number of halogens is 2. The molecule has 1 aliphatic carbocycles. The van der Waals surface area contributed by atoms with E-state index >= 15 is 0 Å². The maximum Gasteiger partial charge on any atom is 0.264 e. The van der Waals surface area contributed by atoms with Crippen molar-refractivity contribution in [3.8, 4) is 5.75 Å². The number of carbonyl (C=O) groups excluding carboxylic acids is 2. The topological polar surface area (TPSA) is 96.0 Å². The van der Waals surface area contributed by atoms with E-state index in [9.17, 15) is 22.4 Å². The molecule has 0 saturated heterocycles. The fourth-order valence-electron chi connectivity index (χ4n) is 5.14. The minimum Gasteiger partial charge on any atom is -0.496 e. The largest absolute Gasteiger partial charge is 0.496 e. The Balaban J connectivity index is 1.70. The van der Waals surface area contributed by atoms with E-state index < -0.39 is 34.3 Å². The Morgan fingerprint density at radius 2 is 1.72 bits per heavy atom. The predicted octanol–water partition coefficient (Wildman–Crippen LogP) is 5.97. The molecule has 0 aliphatic heterocycles. The van der Waals surface area contributed by atoms with Gasteiger partial charge in [-0.25, -0.2) is 12.8 Å². The van der Waals surface area contributed by atoms with Gasteiger partial charge >= 0.3 is 0 Å².